The van der Waals surface area contributed by atoms with E-state index in [4.69, 9.17) is 4.74 Å². The van der Waals surface area contributed by atoms with Crippen molar-refractivity contribution in [1.82, 2.24) is 29.7 Å². The third-order valence-corrected chi connectivity index (χ3v) is 9.36. The molecule has 3 aliphatic heterocycles. The molecule has 2 unspecified atom stereocenters. The minimum Gasteiger partial charge on any atom is -0.394 e. The first-order chi connectivity index (χ1) is 19.7. The van der Waals surface area contributed by atoms with Gasteiger partial charge in [-0.05, 0) is 37.8 Å². The first-order valence-corrected chi connectivity index (χ1v) is 14.4. The lowest BCUT2D eigenvalue weighted by atomic mass is 9.64. The van der Waals surface area contributed by atoms with Gasteiger partial charge in [-0.1, -0.05) is 43.3 Å². The first-order valence-electron chi connectivity index (χ1n) is 14.4. The second-order valence-corrected chi connectivity index (χ2v) is 11.4. The van der Waals surface area contributed by atoms with E-state index >= 15 is 0 Å². The molecule has 41 heavy (non-hydrogen) atoms. The van der Waals surface area contributed by atoms with E-state index < -0.39 is 35.1 Å². The van der Waals surface area contributed by atoms with Crippen LogP contribution in [0.4, 0.5) is 0 Å². The fourth-order valence-corrected chi connectivity index (χ4v) is 7.37. The molecule has 1 aromatic heterocycles. The van der Waals surface area contributed by atoms with Crippen molar-refractivity contribution in [2.24, 2.45) is 11.8 Å². The number of likely N-dealkylation sites (N-methyl/N-ethyl adjacent to an activating group) is 1. The predicted molar refractivity (Wildman–Crippen MR) is 152 cm³/mol. The number of benzene rings is 1. The molecule has 0 radical (unpaired) electrons. The number of ether oxygens (including phenoxy) is 1. The third-order valence-electron chi connectivity index (χ3n) is 9.36. The molecule has 2 bridgehead atoms. The van der Waals surface area contributed by atoms with Crippen molar-refractivity contribution >= 4 is 28.8 Å². The summed E-state index contributed by atoms with van der Waals surface area (Å²) < 4.78 is 8.51. The lowest BCUT2D eigenvalue weighted by Crippen LogP contribution is -2.59. The Balaban J connectivity index is 1.59. The maximum Gasteiger partial charge on any atom is 0.250 e. The fraction of sp³-hybridized carbons (Fsp3) is 0.567. The molecule has 3 aliphatic rings. The van der Waals surface area contributed by atoms with E-state index in [9.17, 15) is 19.5 Å². The van der Waals surface area contributed by atoms with Crippen LogP contribution >= 0.6 is 0 Å². The summed E-state index contributed by atoms with van der Waals surface area (Å²) in [7, 11) is 1.70. The van der Waals surface area contributed by atoms with E-state index in [0.29, 0.717) is 37.7 Å². The maximum atomic E-state index is 14.7. The highest BCUT2D eigenvalue weighted by Crippen LogP contribution is 2.65. The number of amides is 3. The number of likely N-dealkylation sites (tertiary alicyclic amines) is 1. The average molecular weight is 565 g/mol. The second kappa shape index (κ2) is 11.0. The molecule has 2 aromatic rings. The zero-order valence-electron chi connectivity index (χ0n) is 24.1. The summed E-state index contributed by atoms with van der Waals surface area (Å²) in [6, 6.07) is 5.87. The summed E-state index contributed by atoms with van der Waals surface area (Å²) in [6.45, 7) is 11.8. The minimum absolute atomic E-state index is 0.0872. The lowest BCUT2D eigenvalue weighted by molar-refractivity contribution is -0.158. The van der Waals surface area contributed by atoms with Crippen LogP contribution < -0.4 is 0 Å². The van der Waals surface area contributed by atoms with E-state index in [1.54, 1.807) is 33.7 Å². The topological polar surface area (TPSA) is 121 Å². The van der Waals surface area contributed by atoms with Gasteiger partial charge in [0.05, 0.1) is 35.6 Å². The van der Waals surface area contributed by atoms with E-state index in [1.807, 2.05) is 38.1 Å². The van der Waals surface area contributed by atoms with Crippen LogP contribution in [0.2, 0.25) is 0 Å². The Hall–Kier alpha value is -3.57. The highest BCUT2D eigenvalue weighted by atomic mass is 16.5. The molecule has 0 saturated carbocycles. The number of aliphatic hydroxyl groups excluding tert-OH is 1. The van der Waals surface area contributed by atoms with Crippen molar-refractivity contribution in [3.05, 3.63) is 49.6 Å². The van der Waals surface area contributed by atoms with Gasteiger partial charge in [0.15, 0.2) is 0 Å². The van der Waals surface area contributed by atoms with E-state index in [2.05, 4.69) is 23.5 Å². The van der Waals surface area contributed by atoms with Gasteiger partial charge in [-0.15, -0.1) is 18.3 Å². The molecule has 5 rings (SSSR count). The zero-order valence-corrected chi connectivity index (χ0v) is 24.1. The highest BCUT2D eigenvalue weighted by Gasteiger charge is 2.79. The van der Waals surface area contributed by atoms with Crippen LogP contribution in [-0.4, -0.2) is 103 Å². The molecular formula is C30H40N6O5. The number of para-hydroxylation sites is 1. The third kappa shape index (κ3) is 4.28. The summed E-state index contributed by atoms with van der Waals surface area (Å²) in [5.41, 5.74) is -0.560. The number of rotatable bonds is 12. The summed E-state index contributed by atoms with van der Waals surface area (Å²) in [5.74, 6) is -2.39. The molecule has 3 fully saturated rings. The van der Waals surface area contributed by atoms with Crippen molar-refractivity contribution in [2.75, 3.05) is 26.7 Å². The van der Waals surface area contributed by atoms with Gasteiger partial charge < -0.3 is 24.5 Å². The zero-order chi connectivity index (χ0) is 29.5. The number of hydrogen-bond donors (Lipinski definition) is 1. The monoisotopic (exact) mass is 564 g/mol. The Morgan fingerprint density at radius 1 is 1.20 bits per heavy atom. The number of hydrogen-bond acceptors (Lipinski definition) is 7. The van der Waals surface area contributed by atoms with E-state index in [1.165, 1.54) is 4.90 Å². The van der Waals surface area contributed by atoms with Gasteiger partial charge in [0, 0.05) is 20.1 Å². The lowest BCUT2D eigenvalue weighted by Gasteiger charge is -2.39. The quantitative estimate of drug-likeness (QED) is 0.391. The first kappa shape index (κ1) is 28.9. The van der Waals surface area contributed by atoms with Gasteiger partial charge in [0.25, 0.3) is 0 Å². The fourth-order valence-electron chi connectivity index (χ4n) is 7.37. The molecule has 3 saturated heterocycles. The van der Waals surface area contributed by atoms with Crippen LogP contribution in [0, 0.1) is 11.8 Å². The van der Waals surface area contributed by atoms with Crippen LogP contribution in [0.5, 0.6) is 0 Å². The molecule has 220 valence electrons. The van der Waals surface area contributed by atoms with Crippen molar-refractivity contribution in [2.45, 2.75) is 69.5 Å². The number of carbonyl (C=O) groups is 3. The summed E-state index contributed by atoms with van der Waals surface area (Å²) >= 11 is 0. The molecule has 6 atom stereocenters. The summed E-state index contributed by atoms with van der Waals surface area (Å²) in [5, 5.41) is 18.8. The highest BCUT2D eigenvalue weighted by molar-refractivity contribution is 5.99. The Morgan fingerprint density at radius 3 is 2.59 bits per heavy atom. The van der Waals surface area contributed by atoms with Gasteiger partial charge in [-0.25, -0.2) is 4.68 Å². The maximum absolute atomic E-state index is 14.7. The standard InChI is InChI=1S/C30H40N6O5/c1-6-16-33(5)26(38)23-24-27(39)36(20(8-3)18-37)25(30(24)15-14-29(23,9-4)41-30)28(40)34(17-7-2)19-35-22-13-11-10-12-21(22)31-32-35/h6-7,10-13,20,23-25,37H,1-2,8-9,14-19H2,3-5H3/t20-,23-,24-,25?,29+,30?/m0/s1. The molecule has 1 spiro atoms. The van der Waals surface area contributed by atoms with Crippen LogP contribution in [0.25, 0.3) is 11.0 Å². The van der Waals surface area contributed by atoms with Gasteiger partial charge in [0.1, 0.15) is 23.8 Å². The number of aliphatic hydroxyl groups is 1. The molecule has 1 N–H and O–H groups in total. The van der Waals surface area contributed by atoms with Gasteiger partial charge in [0.2, 0.25) is 17.7 Å². The van der Waals surface area contributed by atoms with Crippen LogP contribution in [0.3, 0.4) is 0 Å². The summed E-state index contributed by atoms with van der Waals surface area (Å²) in [6.07, 6.45) is 5.29. The Kier molecular flexibility index (Phi) is 7.78. The van der Waals surface area contributed by atoms with Gasteiger partial charge >= 0.3 is 0 Å². The van der Waals surface area contributed by atoms with E-state index in [0.717, 1.165) is 5.52 Å². The molecule has 1 aromatic carbocycles. The molecule has 4 heterocycles. The van der Waals surface area contributed by atoms with Gasteiger partial charge in [-0.3, -0.25) is 14.4 Å². The van der Waals surface area contributed by atoms with E-state index in [-0.39, 0.29) is 37.5 Å². The minimum atomic E-state index is -1.19. The number of nitrogens with zero attached hydrogens (tertiary/aromatic N) is 6. The molecule has 0 aliphatic carbocycles. The van der Waals surface area contributed by atoms with Crippen molar-refractivity contribution < 1.29 is 24.2 Å². The molecule has 11 nitrogen and oxygen atoms in total. The number of fused-ring (bicyclic) bond motifs is 2. The average Bonchev–Trinajstić information content (AvgIpc) is 3.70. The normalized spacial score (nSPS) is 29.0. The van der Waals surface area contributed by atoms with Crippen LogP contribution in [0.15, 0.2) is 49.6 Å². The number of aromatic nitrogens is 3. The Labute approximate surface area is 240 Å². The second-order valence-electron chi connectivity index (χ2n) is 11.4. The van der Waals surface area contributed by atoms with Crippen molar-refractivity contribution in [3.8, 4) is 0 Å². The van der Waals surface area contributed by atoms with Crippen LogP contribution in [0.1, 0.15) is 39.5 Å². The SMILES string of the molecule is C=CCN(C)C(=O)[C@@H]1[C@H]2C(=O)N([C@@H](CC)CO)C(C(=O)N(CC=C)Cn3nnc4ccccc43)C23CC[C@@]1(CC)O3. The van der Waals surface area contributed by atoms with Crippen molar-refractivity contribution in [3.63, 3.8) is 0 Å². The smallest absolute Gasteiger partial charge is 0.250 e. The Bertz CT molecular complexity index is 1360. The van der Waals surface area contributed by atoms with Crippen molar-refractivity contribution in [1.29, 1.82) is 0 Å². The van der Waals surface area contributed by atoms with Gasteiger partial charge in [-0.2, -0.15) is 0 Å². The molecule has 11 heteroatoms. The largest absolute Gasteiger partial charge is 0.394 e. The molecular weight excluding hydrogens is 524 g/mol. The predicted octanol–water partition coefficient (Wildman–Crippen LogP) is 1.97. The van der Waals surface area contributed by atoms with Crippen LogP contribution in [-0.2, 0) is 25.8 Å². The number of carbonyl (C=O) groups excluding carboxylic acids is 3. The molecule has 3 amide bonds. The Morgan fingerprint density at radius 2 is 1.93 bits per heavy atom. The summed E-state index contributed by atoms with van der Waals surface area (Å²) in [4.78, 5) is 47.6.